The molecule has 0 bridgehead atoms. The maximum absolute atomic E-state index is 6.58. The number of hydrogen-bond donors (Lipinski definition) is 1. The fraction of sp³-hybridized carbons (Fsp3) is 0.786. The van der Waals surface area contributed by atoms with Crippen molar-refractivity contribution in [1.29, 1.82) is 0 Å². The molecule has 1 aromatic rings. The summed E-state index contributed by atoms with van der Waals surface area (Å²) >= 11 is 1.89. The Labute approximate surface area is 108 Å². The summed E-state index contributed by atoms with van der Waals surface area (Å²) in [6.45, 7) is 4.62. The molecule has 17 heavy (non-hydrogen) atoms. The molecule has 3 heteroatoms. The van der Waals surface area contributed by atoms with Gasteiger partial charge in [-0.1, -0.05) is 33.1 Å². The van der Waals surface area contributed by atoms with Crippen molar-refractivity contribution in [3.63, 3.8) is 0 Å². The Kier molecular flexibility index (Phi) is 2.60. The van der Waals surface area contributed by atoms with Gasteiger partial charge in [0.1, 0.15) is 5.01 Å². The minimum atomic E-state index is -0.108. The van der Waals surface area contributed by atoms with Crippen LogP contribution in [0.1, 0.15) is 68.0 Å². The quantitative estimate of drug-likeness (QED) is 0.828. The van der Waals surface area contributed by atoms with Gasteiger partial charge in [0.15, 0.2) is 0 Å². The van der Waals surface area contributed by atoms with Crippen LogP contribution in [0.4, 0.5) is 0 Å². The van der Waals surface area contributed by atoms with Crippen LogP contribution in [0.25, 0.3) is 0 Å². The van der Waals surface area contributed by atoms with Crippen molar-refractivity contribution in [1.82, 2.24) is 4.98 Å². The molecule has 0 unspecified atom stereocenters. The highest BCUT2D eigenvalue weighted by atomic mass is 32.1. The highest BCUT2D eigenvalue weighted by Crippen LogP contribution is 2.45. The smallest absolute Gasteiger partial charge is 0.113 e. The van der Waals surface area contributed by atoms with Gasteiger partial charge in [0.25, 0.3) is 0 Å². The fourth-order valence-electron chi connectivity index (χ4n) is 3.20. The van der Waals surface area contributed by atoms with E-state index >= 15 is 0 Å². The molecule has 0 spiro atoms. The van der Waals surface area contributed by atoms with E-state index in [0.29, 0.717) is 0 Å². The molecule has 1 saturated carbocycles. The molecule has 1 heterocycles. The van der Waals surface area contributed by atoms with Gasteiger partial charge in [0.05, 0.1) is 11.2 Å². The molecule has 0 saturated heterocycles. The first-order chi connectivity index (χ1) is 8.01. The maximum atomic E-state index is 6.58. The van der Waals surface area contributed by atoms with E-state index in [-0.39, 0.29) is 11.0 Å². The van der Waals surface area contributed by atoms with Gasteiger partial charge < -0.3 is 5.73 Å². The first-order valence-electron chi connectivity index (χ1n) is 6.81. The topological polar surface area (TPSA) is 38.9 Å². The second-order valence-electron chi connectivity index (χ2n) is 6.39. The first kappa shape index (κ1) is 11.7. The number of hydrogen-bond acceptors (Lipinski definition) is 3. The molecular weight excluding hydrogens is 228 g/mol. The Hall–Kier alpha value is -0.410. The van der Waals surface area contributed by atoms with Crippen LogP contribution in [-0.2, 0) is 17.4 Å². The van der Waals surface area contributed by atoms with Gasteiger partial charge >= 0.3 is 0 Å². The molecule has 2 nitrogen and oxygen atoms in total. The Bertz CT molecular complexity index is 427. The molecule has 1 fully saturated rings. The predicted octanol–water partition coefficient (Wildman–Crippen LogP) is 3.49. The average molecular weight is 250 g/mol. The Morgan fingerprint density at radius 2 is 1.82 bits per heavy atom. The monoisotopic (exact) mass is 250 g/mol. The first-order valence-corrected chi connectivity index (χ1v) is 7.62. The molecule has 94 valence electrons. The van der Waals surface area contributed by atoms with Crippen LogP contribution < -0.4 is 5.73 Å². The molecule has 0 aliphatic heterocycles. The van der Waals surface area contributed by atoms with Gasteiger partial charge in [-0.3, -0.25) is 0 Å². The van der Waals surface area contributed by atoms with Crippen molar-refractivity contribution in [2.45, 2.75) is 69.7 Å². The second kappa shape index (κ2) is 3.79. The van der Waals surface area contributed by atoms with Crippen molar-refractivity contribution >= 4 is 11.3 Å². The Balaban J connectivity index is 1.95. The van der Waals surface area contributed by atoms with Crippen molar-refractivity contribution < 1.29 is 0 Å². The summed E-state index contributed by atoms with van der Waals surface area (Å²) in [4.78, 5) is 6.43. The van der Waals surface area contributed by atoms with Crippen LogP contribution in [0.5, 0.6) is 0 Å². The summed E-state index contributed by atoms with van der Waals surface area (Å²) in [6, 6.07) is 0. The Morgan fingerprint density at radius 1 is 1.12 bits per heavy atom. The minimum absolute atomic E-state index is 0.108. The van der Waals surface area contributed by atoms with Crippen LogP contribution in [-0.4, -0.2) is 4.98 Å². The highest BCUT2D eigenvalue weighted by Gasteiger charge is 2.38. The number of fused-ring (bicyclic) bond motifs is 1. The zero-order chi connectivity index (χ0) is 12.1. The molecule has 1 aromatic heterocycles. The SMILES string of the molecule is CC1(C)CCc2sc(C3(N)CCCCC3)nc21. The molecular formula is C14H22N2S. The van der Waals surface area contributed by atoms with Gasteiger partial charge in [0.2, 0.25) is 0 Å². The largest absolute Gasteiger partial charge is 0.319 e. The number of nitrogens with zero attached hydrogens (tertiary/aromatic N) is 1. The molecule has 0 atom stereocenters. The van der Waals surface area contributed by atoms with E-state index in [0.717, 1.165) is 12.8 Å². The third-order valence-corrected chi connectivity index (χ3v) is 5.82. The zero-order valence-electron chi connectivity index (χ0n) is 10.9. The molecule has 2 aliphatic carbocycles. The standard InChI is InChI=1S/C14H22N2S/c1-13(2)9-6-10-11(13)16-12(17-10)14(15)7-4-3-5-8-14/h3-9,15H2,1-2H3. The number of aryl methyl sites for hydroxylation is 1. The lowest BCUT2D eigenvalue weighted by Crippen LogP contribution is -2.38. The predicted molar refractivity (Wildman–Crippen MR) is 72.4 cm³/mol. The van der Waals surface area contributed by atoms with Crippen LogP contribution >= 0.6 is 11.3 Å². The highest BCUT2D eigenvalue weighted by molar-refractivity contribution is 7.12. The lowest BCUT2D eigenvalue weighted by atomic mass is 9.83. The summed E-state index contributed by atoms with van der Waals surface area (Å²) < 4.78 is 0. The summed E-state index contributed by atoms with van der Waals surface area (Å²) in [5.41, 5.74) is 8.08. The Morgan fingerprint density at radius 3 is 2.47 bits per heavy atom. The van der Waals surface area contributed by atoms with Crippen LogP contribution in [0.2, 0.25) is 0 Å². The third-order valence-electron chi connectivity index (χ3n) is 4.49. The van der Waals surface area contributed by atoms with E-state index in [1.165, 1.54) is 47.7 Å². The van der Waals surface area contributed by atoms with Crippen molar-refractivity contribution in [2.75, 3.05) is 0 Å². The average Bonchev–Trinajstić information content (AvgIpc) is 2.82. The van der Waals surface area contributed by atoms with Crippen LogP contribution in [0.3, 0.4) is 0 Å². The van der Waals surface area contributed by atoms with E-state index in [1.54, 1.807) is 0 Å². The number of nitrogens with two attached hydrogens (primary N) is 1. The van der Waals surface area contributed by atoms with E-state index in [1.807, 2.05) is 11.3 Å². The van der Waals surface area contributed by atoms with Gasteiger partial charge in [-0.25, -0.2) is 4.98 Å². The zero-order valence-corrected chi connectivity index (χ0v) is 11.7. The molecule has 2 N–H and O–H groups in total. The van der Waals surface area contributed by atoms with Crippen molar-refractivity contribution in [3.8, 4) is 0 Å². The normalized spacial score (nSPS) is 25.8. The number of aromatic nitrogens is 1. The molecule has 3 rings (SSSR count). The summed E-state index contributed by atoms with van der Waals surface area (Å²) in [5, 5.41) is 1.22. The molecule has 0 aromatic carbocycles. The van der Waals surface area contributed by atoms with Gasteiger partial charge in [-0.15, -0.1) is 11.3 Å². The fourth-order valence-corrected chi connectivity index (χ4v) is 4.60. The number of thiazole rings is 1. The summed E-state index contributed by atoms with van der Waals surface area (Å²) in [6.07, 6.45) is 8.58. The van der Waals surface area contributed by atoms with Gasteiger partial charge in [-0.2, -0.15) is 0 Å². The lowest BCUT2D eigenvalue weighted by Gasteiger charge is -2.31. The van der Waals surface area contributed by atoms with Gasteiger partial charge in [0, 0.05) is 10.3 Å². The van der Waals surface area contributed by atoms with Crippen LogP contribution in [0, 0.1) is 0 Å². The minimum Gasteiger partial charge on any atom is -0.319 e. The van der Waals surface area contributed by atoms with E-state index in [9.17, 15) is 0 Å². The number of rotatable bonds is 1. The summed E-state index contributed by atoms with van der Waals surface area (Å²) in [5.74, 6) is 0. The summed E-state index contributed by atoms with van der Waals surface area (Å²) in [7, 11) is 0. The van der Waals surface area contributed by atoms with E-state index in [2.05, 4.69) is 13.8 Å². The lowest BCUT2D eigenvalue weighted by molar-refractivity contribution is 0.300. The van der Waals surface area contributed by atoms with Gasteiger partial charge in [-0.05, 0) is 25.7 Å². The van der Waals surface area contributed by atoms with Crippen molar-refractivity contribution in [3.05, 3.63) is 15.6 Å². The molecule has 0 radical (unpaired) electrons. The van der Waals surface area contributed by atoms with E-state index < -0.39 is 0 Å². The van der Waals surface area contributed by atoms with Crippen molar-refractivity contribution in [2.24, 2.45) is 5.73 Å². The van der Waals surface area contributed by atoms with E-state index in [4.69, 9.17) is 10.7 Å². The maximum Gasteiger partial charge on any atom is 0.113 e. The second-order valence-corrected chi connectivity index (χ2v) is 7.48. The molecule has 0 amide bonds. The third kappa shape index (κ3) is 1.84. The molecule has 2 aliphatic rings. The van der Waals surface area contributed by atoms with Crippen LogP contribution in [0.15, 0.2) is 0 Å².